The Morgan fingerprint density at radius 3 is 2.68 bits per heavy atom. The topological polar surface area (TPSA) is 41.1 Å². The molecule has 0 saturated carbocycles. The van der Waals surface area contributed by atoms with Crippen LogP contribution in [0.15, 0.2) is 41.0 Å². The number of benzene rings is 1. The quantitative estimate of drug-likeness (QED) is 0.917. The molecule has 0 aliphatic carbocycles. The molecule has 0 radical (unpaired) electrons. The van der Waals surface area contributed by atoms with Gasteiger partial charge in [-0.05, 0) is 28.4 Å². The average Bonchev–Trinajstić information content (AvgIpc) is 2.42. The molecule has 0 spiro atoms. The summed E-state index contributed by atoms with van der Waals surface area (Å²) in [4.78, 5) is 10.8. The van der Waals surface area contributed by atoms with Crippen LogP contribution >= 0.6 is 15.9 Å². The van der Waals surface area contributed by atoms with Crippen molar-refractivity contribution in [2.45, 2.75) is 13.5 Å². The Hall–Kier alpha value is -1.62. The van der Waals surface area contributed by atoms with Gasteiger partial charge in [-0.3, -0.25) is 0 Å². The number of rotatable bonds is 5. The van der Waals surface area contributed by atoms with E-state index < -0.39 is 0 Å². The van der Waals surface area contributed by atoms with E-state index in [1.54, 1.807) is 6.20 Å². The summed E-state index contributed by atoms with van der Waals surface area (Å²) in [7, 11) is 2.02. The fourth-order valence-electron chi connectivity index (χ4n) is 1.80. The van der Waals surface area contributed by atoms with Crippen molar-refractivity contribution in [1.29, 1.82) is 0 Å². The van der Waals surface area contributed by atoms with Crippen molar-refractivity contribution in [3.05, 3.63) is 46.6 Å². The zero-order valence-electron chi connectivity index (χ0n) is 11.1. The summed E-state index contributed by atoms with van der Waals surface area (Å²) in [5, 5.41) is 3.12. The molecule has 0 unspecified atom stereocenters. The number of nitrogens with one attached hydrogen (secondary N) is 1. The second-order valence-electron chi connectivity index (χ2n) is 4.24. The van der Waals surface area contributed by atoms with Gasteiger partial charge in [0.05, 0.1) is 4.47 Å². The lowest BCUT2D eigenvalue weighted by atomic mass is 10.2. The second kappa shape index (κ2) is 6.52. The van der Waals surface area contributed by atoms with E-state index in [2.05, 4.69) is 48.2 Å². The average molecular weight is 321 g/mol. The van der Waals surface area contributed by atoms with Crippen molar-refractivity contribution in [3.63, 3.8) is 0 Å². The third-order valence-corrected chi connectivity index (χ3v) is 3.24. The first kappa shape index (κ1) is 13.8. The first-order valence-corrected chi connectivity index (χ1v) is 7.01. The summed E-state index contributed by atoms with van der Waals surface area (Å²) >= 11 is 3.50. The maximum absolute atomic E-state index is 4.51. The van der Waals surface area contributed by atoms with Crippen molar-refractivity contribution in [3.8, 4) is 0 Å². The largest absolute Gasteiger partial charge is 0.354 e. The third kappa shape index (κ3) is 3.67. The lowest BCUT2D eigenvalue weighted by molar-refractivity contribution is 0.885. The van der Waals surface area contributed by atoms with E-state index in [9.17, 15) is 0 Å². The van der Waals surface area contributed by atoms with Gasteiger partial charge >= 0.3 is 0 Å². The molecule has 0 aliphatic rings. The zero-order chi connectivity index (χ0) is 13.7. The number of anilines is 2. The van der Waals surface area contributed by atoms with Crippen LogP contribution in [0.25, 0.3) is 0 Å². The molecule has 1 aromatic carbocycles. The third-order valence-electron chi connectivity index (χ3n) is 2.68. The lowest BCUT2D eigenvalue weighted by Gasteiger charge is -2.20. The predicted octanol–water partition coefficient (Wildman–Crippen LogP) is 3.31. The van der Waals surface area contributed by atoms with Gasteiger partial charge in [0.2, 0.25) is 5.95 Å². The van der Waals surface area contributed by atoms with E-state index in [0.29, 0.717) is 5.95 Å². The first-order valence-electron chi connectivity index (χ1n) is 6.22. The molecular formula is C14H17BrN4. The van der Waals surface area contributed by atoms with E-state index in [0.717, 1.165) is 23.4 Å². The van der Waals surface area contributed by atoms with Crippen molar-refractivity contribution in [2.75, 3.05) is 23.8 Å². The van der Waals surface area contributed by atoms with Crippen molar-refractivity contribution in [1.82, 2.24) is 9.97 Å². The predicted molar refractivity (Wildman–Crippen MR) is 82.4 cm³/mol. The summed E-state index contributed by atoms with van der Waals surface area (Å²) in [6, 6.07) is 10.3. The van der Waals surface area contributed by atoms with Crippen LogP contribution in [0.2, 0.25) is 0 Å². The van der Waals surface area contributed by atoms with Gasteiger partial charge in [0, 0.05) is 26.3 Å². The molecule has 2 aromatic rings. The van der Waals surface area contributed by atoms with Crippen LogP contribution in [0, 0.1) is 0 Å². The Kier molecular flexibility index (Phi) is 4.74. The molecule has 0 atom stereocenters. The summed E-state index contributed by atoms with van der Waals surface area (Å²) in [6.45, 7) is 3.64. The molecule has 1 heterocycles. The molecule has 0 fully saturated rings. The highest BCUT2D eigenvalue weighted by atomic mass is 79.9. The SMILES string of the molecule is CCNc1ncc(Br)c(N(C)Cc2ccccc2)n1. The Bertz CT molecular complexity index is 530. The zero-order valence-corrected chi connectivity index (χ0v) is 12.7. The minimum absolute atomic E-state index is 0.653. The van der Waals surface area contributed by atoms with E-state index in [1.165, 1.54) is 5.56 Å². The molecule has 2 rings (SSSR count). The van der Waals surface area contributed by atoms with Gasteiger partial charge in [-0.2, -0.15) is 4.98 Å². The Morgan fingerprint density at radius 1 is 1.26 bits per heavy atom. The summed E-state index contributed by atoms with van der Waals surface area (Å²) in [5.74, 6) is 1.54. The molecule has 100 valence electrons. The van der Waals surface area contributed by atoms with Gasteiger partial charge in [0.25, 0.3) is 0 Å². The number of aromatic nitrogens is 2. The molecule has 4 nitrogen and oxygen atoms in total. The van der Waals surface area contributed by atoms with Gasteiger partial charge in [-0.15, -0.1) is 0 Å². The van der Waals surface area contributed by atoms with Crippen LogP contribution in [-0.4, -0.2) is 23.6 Å². The number of halogens is 1. The molecule has 0 bridgehead atoms. The maximum atomic E-state index is 4.51. The van der Waals surface area contributed by atoms with Gasteiger partial charge in [0.15, 0.2) is 0 Å². The van der Waals surface area contributed by atoms with Crippen LogP contribution in [-0.2, 0) is 6.54 Å². The monoisotopic (exact) mass is 320 g/mol. The van der Waals surface area contributed by atoms with Crippen molar-refractivity contribution < 1.29 is 0 Å². The summed E-state index contributed by atoms with van der Waals surface area (Å²) < 4.78 is 0.896. The highest BCUT2D eigenvalue weighted by Gasteiger charge is 2.10. The van der Waals surface area contributed by atoms with Gasteiger partial charge in [-0.25, -0.2) is 4.98 Å². The molecule has 1 N–H and O–H groups in total. The fraction of sp³-hybridized carbons (Fsp3) is 0.286. The van der Waals surface area contributed by atoms with Crippen LogP contribution in [0.4, 0.5) is 11.8 Å². The van der Waals surface area contributed by atoms with Crippen LogP contribution in [0.1, 0.15) is 12.5 Å². The summed E-state index contributed by atoms with van der Waals surface area (Å²) in [5.41, 5.74) is 1.25. The van der Waals surface area contributed by atoms with Gasteiger partial charge in [-0.1, -0.05) is 30.3 Å². The minimum atomic E-state index is 0.653. The normalized spacial score (nSPS) is 10.3. The highest BCUT2D eigenvalue weighted by Crippen LogP contribution is 2.24. The van der Waals surface area contributed by atoms with Crippen LogP contribution in [0.5, 0.6) is 0 Å². The van der Waals surface area contributed by atoms with Gasteiger partial charge in [0.1, 0.15) is 5.82 Å². The number of hydrogen-bond acceptors (Lipinski definition) is 4. The fourth-order valence-corrected chi connectivity index (χ4v) is 2.30. The van der Waals surface area contributed by atoms with E-state index in [1.807, 2.05) is 32.2 Å². The Labute approximate surface area is 122 Å². The number of nitrogens with zero attached hydrogens (tertiary/aromatic N) is 3. The molecule has 1 aromatic heterocycles. The molecule has 0 aliphatic heterocycles. The van der Waals surface area contributed by atoms with E-state index in [4.69, 9.17) is 0 Å². The second-order valence-corrected chi connectivity index (χ2v) is 5.09. The molecule has 5 heteroatoms. The minimum Gasteiger partial charge on any atom is -0.354 e. The smallest absolute Gasteiger partial charge is 0.224 e. The van der Waals surface area contributed by atoms with Crippen LogP contribution in [0.3, 0.4) is 0 Å². The van der Waals surface area contributed by atoms with Crippen molar-refractivity contribution in [2.24, 2.45) is 0 Å². The standard InChI is InChI=1S/C14H17BrN4/c1-3-16-14-17-9-12(15)13(18-14)19(2)10-11-7-5-4-6-8-11/h4-9H,3,10H2,1-2H3,(H,16,17,18). The Morgan fingerprint density at radius 2 is 2.00 bits per heavy atom. The number of hydrogen-bond donors (Lipinski definition) is 1. The Balaban J connectivity index is 2.18. The van der Waals surface area contributed by atoms with Crippen LogP contribution < -0.4 is 10.2 Å². The molecule has 0 saturated heterocycles. The molecular weight excluding hydrogens is 304 g/mol. The first-order chi connectivity index (χ1) is 9.20. The molecule has 0 amide bonds. The van der Waals surface area contributed by atoms with E-state index in [-0.39, 0.29) is 0 Å². The maximum Gasteiger partial charge on any atom is 0.224 e. The lowest BCUT2D eigenvalue weighted by Crippen LogP contribution is -2.19. The highest BCUT2D eigenvalue weighted by molar-refractivity contribution is 9.10. The molecule has 19 heavy (non-hydrogen) atoms. The van der Waals surface area contributed by atoms with Gasteiger partial charge < -0.3 is 10.2 Å². The summed E-state index contributed by atoms with van der Waals surface area (Å²) in [6.07, 6.45) is 1.78. The van der Waals surface area contributed by atoms with Crippen molar-refractivity contribution >= 4 is 27.7 Å². The van der Waals surface area contributed by atoms with E-state index >= 15 is 0 Å².